The molecule has 0 bridgehead atoms. The molecular weight excluding hydrogens is 336 g/mol. The first-order valence-electron chi connectivity index (χ1n) is 9.49. The SMILES string of the molecule is O=C(O)[C@]12COCC[C@H]1CN(Cc1ccc(CN3CCCCC3)s1)C2. The normalized spacial score (nSPS) is 31.1. The number of aliphatic carboxylic acids is 1. The number of rotatable bonds is 5. The molecule has 0 unspecified atom stereocenters. The maximum Gasteiger partial charge on any atom is 0.313 e. The molecule has 4 heterocycles. The Morgan fingerprint density at radius 2 is 1.92 bits per heavy atom. The van der Waals surface area contributed by atoms with Gasteiger partial charge in [-0.05, 0) is 50.4 Å². The lowest BCUT2D eigenvalue weighted by Gasteiger charge is -2.34. The number of piperidine rings is 1. The number of hydrogen-bond acceptors (Lipinski definition) is 5. The Balaban J connectivity index is 1.37. The van der Waals surface area contributed by atoms with E-state index in [0.29, 0.717) is 19.8 Å². The molecule has 4 rings (SSSR count). The largest absolute Gasteiger partial charge is 0.481 e. The topological polar surface area (TPSA) is 53.0 Å². The number of hydrogen-bond donors (Lipinski definition) is 1. The molecule has 0 aliphatic carbocycles. The molecule has 3 aliphatic heterocycles. The van der Waals surface area contributed by atoms with Crippen LogP contribution in [0.4, 0.5) is 0 Å². The highest BCUT2D eigenvalue weighted by Crippen LogP contribution is 2.42. The second kappa shape index (κ2) is 7.35. The van der Waals surface area contributed by atoms with Gasteiger partial charge in [0, 0.05) is 42.5 Å². The fourth-order valence-electron chi connectivity index (χ4n) is 4.67. The van der Waals surface area contributed by atoms with Crippen molar-refractivity contribution in [1.29, 1.82) is 0 Å². The third-order valence-corrected chi connectivity index (χ3v) is 7.14. The van der Waals surface area contributed by atoms with Gasteiger partial charge in [0.15, 0.2) is 0 Å². The van der Waals surface area contributed by atoms with Crippen LogP contribution in [-0.2, 0) is 22.6 Å². The molecule has 0 spiro atoms. The quantitative estimate of drug-likeness (QED) is 0.870. The number of fused-ring (bicyclic) bond motifs is 1. The second-order valence-corrected chi connectivity index (χ2v) is 9.13. The van der Waals surface area contributed by atoms with E-state index in [9.17, 15) is 9.90 Å². The van der Waals surface area contributed by atoms with Crippen molar-refractivity contribution >= 4 is 17.3 Å². The summed E-state index contributed by atoms with van der Waals surface area (Å²) in [7, 11) is 0. The summed E-state index contributed by atoms with van der Waals surface area (Å²) in [6.45, 7) is 6.96. The van der Waals surface area contributed by atoms with E-state index in [2.05, 4.69) is 21.9 Å². The number of carboxylic acids is 1. The summed E-state index contributed by atoms with van der Waals surface area (Å²) < 4.78 is 5.52. The van der Waals surface area contributed by atoms with E-state index < -0.39 is 11.4 Å². The van der Waals surface area contributed by atoms with Gasteiger partial charge in [0.2, 0.25) is 0 Å². The molecule has 0 radical (unpaired) electrons. The molecule has 3 fully saturated rings. The van der Waals surface area contributed by atoms with Crippen LogP contribution < -0.4 is 0 Å². The Bertz CT molecular complexity index is 614. The molecule has 25 heavy (non-hydrogen) atoms. The molecular formula is C19H28N2O3S. The maximum atomic E-state index is 11.9. The zero-order chi connectivity index (χ0) is 17.3. The molecule has 1 aromatic rings. The van der Waals surface area contributed by atoms with Crippen LogP contribution in [-0.4, -0.2) is 60.3 Å². The zero-order valence-corrected chi connectivity index (χ0v) is 15.6. The molecule has 1 aromatic heterocycles. The van der Waals surface area contributed by atoms with E-state index in [0.717, 1.165) is 26.1 Å². The standard InChI is InChI=1S/C19H28N2O3S/c22-18(23)19-13-21(10-15(19)6-9-24-14-19)12-17-5-4-16(25-17)11-20-7-2-1-3-8-20/h4-5,15H,1-3,6-14H2,(H,22,23)/t15-,19+/m0/s1. The molecule has 1 N–H and O–H groups in total. The molecule has 0 amide bonds. The van der Waals surface area contributed by atoms with Crippen molar-refractivity contribution in [2.24, 2.45) is 11.3 Å². The van der Waals surface area contributed by atoms with Gasteiger partial charge in [-0.3, -0.25) is 14.6 Å². The minimum atomic E-state index is -0.688. The van der Waals surface area contributed by atoms with Crippen LogP contribution in [0.2, 0.25) is 0 Å². The van der Waals surface area contributed by atoms with Crippen molar-refractivity contribution in [1.82, 2.24) is 9.80 Å². The van der Waals surface area contributed by atoms with Crippen LogP contribution in [0, 0.1) is 11.3 Å². The first kappa shape index (κ1) is 17.5. The molecule has 3 aliphatic rings. The molecule has 138 valence electrons. The van der Waals surface area contributed by atoms with Gasteiger partial charge in [-0.1, -0.05) is 6.42 Å². The minimum absolute atomic E-state index is 0.228. The summed E-state index contributed by atoms with van der Waals surface area (Å²) in [4.78, 5) is 19.5. The van der Waals surface area contributed by atoms with Gasteiger partial charge >= 0.3 is 5.97 Å². The van der Waals surface area contributed by atoms with E-state index in [1.165, 1.54) is 42.1 Å². The van der Waals surface area contributed by atoms with Crippen LogP contribution in [0.5, 0.6) is 0 Å². The summed E-state index contributed by atoms with van der Waals surface area (Å²) in [5.41, 5.74) is -0.688. The van der Waals surface area contributed by atoms with Gasteiger partial charge in [-0.15, -0.1) is 11.3 Å². The molecule has 5 nitrogen and oxygen atoms in total. The van der Waals surface area contributed by atoms with E-state index in [1.54, 1.807) is 0 Å². The first-order valence-corrected chi connectivity index (χ1v) is 10.3. The fourth-order valence-corrected chi connectivity index (χ4v) is 5.77. The summed E-state index contributed by atoms with van der Waals surface area (Å²) in [6.07, 6.45) is 4.89. The molecule has 0 saturated carbocycles. The molecule has 6 heteroatoms. The van der Waals surface area contributed by atoms with E-state index in [4.69, 9.17) is 4.74 Å². The van der Waals surface area contributed by atoms with Crippen molar-refractivity contribution in [3.05, 3.63) is 21.9 Å². The lowest BCUT2D eigenvalue weighted by atomic mass is 9.76. The van der Waals surface area contributed by atoms with Crippen molar-refractivity contribution in [2.75, 3.05) is 39.4 Å². The summed E-state index contributed by atoms with van der Waals surface area (Å²) >= 11 is 1.89. The number of carboxylic acid groups (broad SMARTS) is 1. The number of likely N-dealkylation sites (tertiary alicyclic amines) is 2. The number of ether oxygens (including phenoxy) is 1. The average Bonchev–Trinajstić information content (AvgIpc) is 3.20. The number of carbonyl (C=O) groups is 1. The van der Waals surface area contributed by atoms with Crippen LogP contribution in [0.3, 0.4) is 0 Å². The predicted octanol–water partition coefficient (Wildman–Crippen LogP) is 2.66. The Morgan fingerprint density at radius 1 is 1.20 bits per heavy atom. The zero-order valence-electron chi connectivity index (χ0n) is 14.8. The van der Waals surface area contributed by atoms with Gasteiger partial charge in [0.1, 0.15) is 5.41 Å². The fraction of sp³-hybridized carbons (Fsp3) is 0.737. The van der Waals surface area contributed by atoms with Crippen LogP contribution in [0.15, 0.2) is 12.1 Å². The van der Waals surface area contributed by atoms with Gasteiger partial charge in [-0.2, -0.15) is 0 Å². The van der Waals surface area contributed by atoms with E-state index in [1.807, 2.05) is 11.3 Å². The first-order chi connectivity index (χ1) is 12.2. The van der Waals surface area contributed by atoms with Gasteiger partial charge in [0.05, 0.1) is 6.61 Å². The Labute approximate surface area is 153 Å². The summed E-state index contributed by atoms with van der Waals surface area (Å²) in [5, 5.41) is 9.76. The van der Waals surface area contributed by atoms with Gasteiger partial charge < -0.3 is 9.84 Å². The van der Waals surface area contributed by atoms with Crippen molar-refractivity contribution in [3.63, 3.8) is 0 Å². The van der Waals surface area contributed by atoms with E-state index in [-0.39, 0.29) is 5.92 Å². The predicted molar refractivity (Wildman–Crippen MR) is 97.7 cm³/mol. The molecule has 0 aromatic carbocycles. The number of thiophene rings is 1. The van der Waals surface area contributed by atoms with Crippen molar-refractivity contribution in [3.8, 4) is 0 Å². The highest BCUT2D eigenvalue weighted by molar-refractivity contribution is 7.11. The minimum Gasteiger partial charge on any atom is -0.481 e. The van der Waals surface area contributed by atoms with E-state index >= 15 is 0 Å². The molecule has 2 atom stereocenters. The van der Waals surface area contributed by atoms with Crippen LogP contribution in [0.1, 0.15) is 35.4 Å². The van der Waals surface area contributed by atoms with Crippen LogP contribution in [0.25, 0.3) is 0 Å². The summed E-state index contributed by atoms with van der Waals surface area (Å²) in [6, 6.07) is 4.49. The third-order valence-electron chi connectivity index (χ3n) is 6.09. The molecule has 3 saturated heterocycles. The van der Waals surface area contributed by atoms with Crippen molar-refractivity contribution in [2.45, 2.75) is 38.8 Å². The lowest BCUT2D eigenvalue weighted by Crippen LogP contribution is -2.46. The average molecular weight is 365 g/mol. The Hall–Kier alpha value is -0.950. The lowest BCUT2D eigenvalue weighted by molar-refractivity contribution is -0.159. The van der Waals surface area contributed by atoms with Crippen LogP contribution >= 0.6 is 11.3 Å². The highest BCUT2D eigenvalue weighted by atomic mass is 32.1. The smallest absolute Gasteiger partial charge is 0.313 e. The van der Waals surface area contributed by atoms with Gasteiger partial charge in [-0.25, -0.2) is 0 Å². The summed E-state index contributed by atoms with van der Waals surface area (Å²) in [5.74, 6) is -0.455. The second-order valence-electron chi connectivity index (χ2n) is 7.87. The van der Waals surface area contributed by atoms with Gasteiger partial charge in [0.25, 0.3) is 0 Å². The third kappa shape index (κ3) is 3.63. The maximum absolute atomic E-state index is 11.9. The highest BCUT2D eigenvalue weighted by Gasteiger charge is 2.53. The Morgan fingerprint density at radius 3 is 2.60 bits per heavy atom. The monoisotopic (exact) mass is 364 g/mol. The Kier molecular flexibility index (Phi) is 5.13. The number of nitrogens with zero attached hydrogens (tertiary/aromatic N) is 2. The van der Waals surface area contributed by atoms with Crippen molar-refractivity contribution < 1.29 is 14.6 Å².